The molecule has 1 N–H and O–H groups in total. The van der Waals surface area contributed by atoms with Gasteiger partial charge in [0.05, 0.1) is 4.90 Å². The minimum atomic E-state index is -3.88. The van der Waals surface area contributed by atoms with Gasteiger partial charge in [0, 0.05) is 25.0 Å². The molecule has 0 bridgehead atoms. The van der Waals surface area contributed by atoms with Gasteiger partial charge in [-0.3, -0.25) is 4.79 Å². The summed E-state index contributed by atoms with van der Waals surface area (Å²) in [5.41, 5.74) is 0. The second kappa shape index (κ2) is 8.00. The van der Waals surface area contributed by atoms with E-state index in [1.807, 2.05) is 0 Å². The third-order valence-electron chi connectivity index (χ3n) is 5.31. The van der Waals surface area contributed by atoms with E-state index in [1.165, 1.54) is 10.7 Å². The first kappa shape index (κ1) is 19.2. The van der Waals surface area contributed by atoms with Gasteiger partial charge in [-0.05, 0) is 43.9 Å². The average molecular weight is 386 g/mol. The highest BCUT2D eigenvalue weighted by atomic mass is 32.2. The van der Waals surface area contributed by atoms with Gasteiger partial charge >= 0.3 is 0 Å². The molecule has 1 aromatic rings. The number of amides is 1. The summed E-state index contributed by atoms with van der Waals surface area (Å²) in [6, 6.07) is 2.81. The van der Waals surface area contributed by atoms with Crippen LogP contribution in [0, 0.1) is 17.6 Å². The number of nitrogens with one attached hydrogen (secondary N) is 1. The van der Waals surface area contributed by atoms with E-state index in [-0.39, 0.29) is 35.9 Å². The zero-order valence-corrected chi connectivity index (χ0v) is 15.4. The summed E-state index contributed by atoms with van der Waals surface area (Å²) >= 11 is 0. The van der Waals surface area contributed by atoms with Crippen LogP contribution in [0.15, 0.2) is 23.1 Å². The van der Waals surface area contributed by atoms with Crippen LogP contribution < -0.4 is 5.32 Å². The van der Waals surface area contributed by atoms with Crippen molar-refractivity contribution in [2.75, 3.05) is 13.1 Å². The Morgan fingerprint density at radius 2 is 1.65 bits per heavy atom. The minimum Gasteiger partial charge on any atom is -0.353 e. The molecule has 3 rings (SSSR count). The Kier molecular flexibility index (Phi) is 5.92. The van der Waals surface area contributed by atoms with Crippen molar-refractivity contribution in [1.29, 1.82) is 0 Å². The van der Waals surface area contributed by atoms with E-state index in [9.17, 15) is 22.0 Å². The van der Waals surface area contributed by atoms with Gasteiger partial charge in [-0.2, -0.15) is 4.31 Å². The highest BCUT2D eigenvalue weighted by Gasteiger charge is 2.33. The van der Waals surface area contributed by atoms with E-state index in [2.05, 4.69) is 5.32 Å². The fourth-order valence-electron chi connectivity index (χ4n) is 3.71. The van der Waals surface area contributed by atoms with Crippen molar-refractivity contribution in [2.45, 2.75) is 55.9 Å². The molecule has 1 saturated heterocycles. The lowest BCUT2D eigenvalue weighted by Crippen LogP contribution is -2.45. The molecule has 1 amide bonds. The van der Waals surface area contributed by atoms with Crippen molar-refractivity contribution in [3.63, 3.8) is 0 Å². The van der Waals surface area contributed by atoms with Gasteiger partial charge in [0.1, 0.15) is 0 Å². The maximum Gasteiger partial charge on any atom is 0.243 e. The van der Waals surface area contributed by atoms with Gasteiger partial charge in [-0.1, -0.05) is 19.3 Å². The van der Waals surface area contributed by atoms with E-state index in [0.29, 0.717) is 18.9 Å². The summed E-state index contributed by atoms with van der Waals surface area (Å²) in [6.45, 7) is 0.397. The first-order valence-corrected chi connectivity index (χ1v) is 10.6. The summed E-state index contributed by atoms with van der Waals surface area (Å²) in [7, 11) is -3.88. The molecule has 144 valence electrons. The van der Waals surface area contributed by atoms with Crippen molar-refractivity contribution >= 4 is 15.9 Å². The fourth-order valence-corrected chi connectivity index (χ4v) is 5.19. The summed E-state index contributed by atoms with van der Waals surface area (Å²) in [5, 5.41) is 3.09. The number of carbonyl (C=O) groups is 1. The molecule has 0 atom stereocenters. The Hall–Kier alpha value is -1.54. The summed E-state index contributed by atoms with van der Waals surface area (Å²) in [6.07, 6.45) is 6.37. The number of hydrogen-bond donors (Lipinski definition) is 1. The topological polar surface area (TPSA) is 66.5 Å². The van der Waals surface area contributed by atoms with Crippen molar-refractivity contribution in [2.24, 2.45) is 5.92 Å². The molecule has 8 heteroatoms. The molecule has 1 aromatic carbocycles. The molecule has 2 fully saturated rings. The van der Waals surface area contributed by atoms with E-state index >= 15 is 0 Å². The Balaban J connectivity index is 1.58. The number of piperidine rings is 1. The molecular formula is C18H24F2N2O3S. The molecule has 2 aliphatic rings. The number of carbonyl (C=O) groups excluding carboxylic acids is 1. The van der Waals surface area contributed by atoms with Gasteiger partial charge in [-0.15, -0.1) is 0 Å². The Morgan fingerprint density at radius 3 is 2.27 bits per heavy atom. The smallest absolute Gasteiger partial charge is 0.243 e. The normalized spacial score (nSPS) is 20.8. The van der Waals surface area contributed by atoms with Crippen LogP contribution in [0.5, 0.6) is 0 Å². The van der Waals surface area contributed by atoms with Gasteiger partial charge in [-0.25, -0.2) is 17.2 Å². The number of rotatable bonds is 4. The quantitative estimate of drug-likeness (QED) is 0.865. The molecule has 1 heterocycles. The molecular weight excluding hydrogens is 362 g/mol. The summed E-state index contributed by atoms with van der Waals surface area (Å²) in [5.74, 6) is -2.47. The van der Waals surface area contributed by atoms with Gasteiger partial charge in [0.2, 0.25) is 15.9 Å². The summed E-state index contributed by atoms with van der Waals surface area (Å²) < 4.78 is 52.8. The molecule has 0 aromatic heterocycles. The number of sulfonamides is 1. The number of benzene rings is 1. The van der Waals surface area contributed by atoms with Gasteiger partial charge in [0.25, 0.3) is 0 Å². The lowest BCUT2D eigenvalue weighted by atomic mass is 9.93. The lowest BCUT2D eigenvalue weighted by Gasteiger charge is -2.32. The van der Waals surface area contributed by atoms with Crippen molar-refractivity contribution < 1.29 is 22.0 Å². The third kappa shape index (κ3) is 4.23. The monoisotopic (exact) mass is 386 g/mol. The van der Waals surface area contributed by atoms with E-state index in [4.69, 9.17) is 0 Å². The predicted octanol–water partition coefficient (Wildman–Crippen LogP) is 2.81. The van der Waals surface area contributed by atoms with Crippen LogP contribution in [0.25, 0.3) is 0 Å². The number of hydrogen-bond acceptors (Lipinski definition) is 3. The summed E-state index contributed by atoms with van der Waals surface area (Å²) in [4.78, 5) is 12.1. The molecule has 0 unspecified atom stereocenters. The third-order valence-corrected chi connectivity index (χ3v) is 7.20. The molecule has 5 nitrogen and oxygen atoms in total. The molecule has 1 aliphatic heterocycles. The van der Waals surface area contributed by atoms with Crippen LogP contribution in [0.4, 0.5) is 8.78 Å². The highest BCUT2D eigenvalue weighted by molar-refractivity contribution is 7.89. The fraction of sp³-hybridized carbons (Fsp3) is 0.611. The predicted molar refractivity (Wildman–Crippen MR) is 92.9 cm³/mol. The molecule has 1 aliphatic carbocycles. The van der Waals surface area contributed by atoms with Crippen LogP contribution in [0.3, 0.4) is 0 Å². The van der Waals surface area contributed by atoms with Gasteiger partial charge < -0.3 is 5.32 Å². The van der Waals surface area contributed by atoms with E-state index < -0.39 is 21.7 Å². The van der Waals surface area contributed by atoms with Crippen LogP contribution in [0.1, 0.15) is 44.9 Å². The number of nitrogens with zero attached hydrogens (tertiary/aromatic N) is 1. The van der Waals surface area contributed by atoms with Crippen molar-refractivity contribution in [3.05, 3.63) is 29.8 Å². The molecule has 1 saturated carbocycles. The van der Waals surface area contributed by atoms with E-state index in [0.717, 1.165) is 37.8 Å². The van der Waals surface area contributed by atoms with Crippen molar-refractivity contribution in [1.82, 2.24) is 9.62 Å². The zero-order chi connectivity index (χ0) is 18.7. The van der Waals surface area contributed by atoms with Crippen molar-refractivity contribution in [3.8, 4) is 0 Å². The second-order valence-corrected chi connectivity index (χ2v) is 9.04. The molecule has 26 heavy (non-hydrogen) atoms. The maximum absolute atomic E-state index is 13.4. The minimum absolute atomic E-state index is 0.00164. The average Bonchev–Trinajstić information content (AvgIpc) is 2.65. The first-order valence-electron chi connectivity index (χ1n) is 9.13. The molecule has 0 spiro atoms. The Bertz CT molecular complexity index is 756. The number of halogens is 2. The lowest BCUT2D eigenvalue weighted by molar-refractivity contribution is -0.127. The zero-order valence-electron chi connectivity index (χ0n) is 14.6. The standard InChI is InChI=1S/C18H24F2N2O3S/c19-16-7-6-15(12-17(16)20)26(24,25)22-10-8-13(9-11-22)18(23)21-14-4-2-1-3-5-14/h6-7,12-14H,1-5,8-11H2,(H,21,23). The second-order valence-electron chi connectivity index (χ2n) is 7.10. The van der Waals surface area contributed by atoms with E-state index in [1.54, 1.807) is 0 Å². The first-order chi connectivity index (χ1) is 12.4. The Labute approximate surface area is 152 Å². The van der Waals surface area contributed by atoms with Crippen LogP contribution in [-0.2, 0) is 14.8 Å². The maximum atomic E-state index is 13.4. The van der Waals surface area contributed by atoms with Crippen LogP contribution in [0.2, 0.25) is 0 Å². The SMILES string of the molecule is O=C(NC1CCCCC1)C1CCN(S(=O)(=O)c2ccc(F)c(F)c2)CC1. The van der Waals surface area contributed by atoms with Crippen LogP contribution >= 0.6 is 0 Å². The largest absolute Gasteiger partial charge is 0.353 e. The highest BCUT2D eigenvalue weighted by Crippen LogP contribution is 2.26. The van der Waals surface area contributed by atoms with Gasteiger partial charge in [0.15, 0.2) is 11.6 Å². The molecule has 0 radical (unpaired) electrons. The van der Waals surface area contributed by atoms with Crippen LogP contribution in [-0.4, -0.2) is 37.8 Å². The Morgan fingerprint density at radius 1 is 1.00 bits per heavy atom.